The molecular weight excluding hydrogens is 518 g/mol. The fourth-order valence-electron chi connectivity index (χ4n) is 7.33. The summed E-state index contributed by atoms with van der Waals surface area (Å²) in [4.78, 5) is 4.88. The van der Waals surface area contributed by atoms with E-state index in [9.17, 15) is 0 Å². The lowest BCUT2D eigenvalue weighted by Gasteiger charge is -2.25. The van der Waals surface area contributed by atoms with E-state index in [0.717, 1.165) is 34.5 Å². The van der Waals surface area contributed by atoms with Crippen LogP contribution in [0.4, 0.5) is 0 Å². The zero-order chi connectivity index (χ0) is 28.4. The van der Waals surface area contributed by atoms with Gasteiger partial charge in [0.2, 0.25) is 0 Å². The summed E-state index contributed by atoms with van der Waals surface area (Å²) in [6.45, 7) is 7.30. The van der Waals surface area contributed by atoms with Crippen molar-refractivity contribution in [3.63, 3.8) is 0 Å². The number of halogens is 1. The third-order valence-corrected chi connectivity index (χ3v) is 10.7. The minimum Gasteiger partial charge on any atom is -0.260 e. The van der Waals surface area contributed by atoms with Gasteiger partial charge >= 0.3 is 0 Å². The summed E-state index contributed by atoms with van der Waals surface area (Å²) < 4.78 is 0. The molecule has 1 heterocycles. The Balaban J connectivity index is 1.07. The van der Waals surface area contributed by atoms with Crippen LogP contribution in [0, 0.1) is 23.2 Å². The minimum absolute atomic E-state index is 0.311. The normalized spacial score (nSPS) is 24.8. The monoisotopic (exact) mass is 563 g/mol. The topological polar surface area (TPSA) is 12.4 Å². The highest BCUT2D eigenvalue weighted by molar-refractivity contribution is 6.32. The van der Waals surface area contributed by atoms with Crippen molar-refractivity contribution in [1.82, 2.24) is 0 Å². The number of hydrogen-bond donors (Lipinski definition) is 0. The second-order valence-corrected chi connectivity index (χ2v) is 14.1. The van der Waals surface area contributed by atoms with Gasteiger partial charge in [0.05, 0.1) is 5.70 Å². The van der Waals surface area contributed by atoms with Crippen LogP contribution in [0.5, 0.6) is 0 Å². The SMILES string of the molecule is CC1C=C(c2cc(CCCCc3cccc4c3CCC(C)C(CC3(C)CC3)C4)ccc2Cl)N=CC1c1ccccc1. The van der Waals surface area contributed by atoms with Crippen LogP contribution in [0.2, 0.25) is 5.02 Å². The molecule has 1 nitrogen and oxygen atoms in total. The molecule has 1 fully saturated rings. The van der Waals surface area contributed by atoms with Gasteiger partial charge in [0.25, 0.3) is 0 Å². The summed E-state index contributed by atoms with van der Waals surface area (Å²) in [6, 6.07) is 24.4. The van der Waals surface area contributed by atoms with Crippen LogP contribution in [0.3, 0.4) is 0 Å². The maximum Gasteiger partial charge on any atom is 0.0676 e. The van der Waals surface area contributed by atoms with E-state index in [1.54, 1.807) is 16.7 Å². The summed E-state index contributed by atoms with van der Waals surface area (Å²) in [6.07, 6.45) is 17.3. The molecule has 2 heteroatoms. The molecule has 0 aromatic heterocycles. The van der Waals surface area contributed by atoms with Gasteiger partial charge in [-0.3, -0.25) is 4.99 Å². The number of aryl methyl sites for hydroxylation is 2. The molecule has 1 aliphatic heterocycles. The van der Waals surface area contributed by atoms with Crippen molar-refractivity contribution in [3.05, 3.63) is 111 Å². The molecule has 0 radical (unpaired) electrons. The van der Waals surface area contributed by atoms with Gasteiger partial charge in [0.15, 0.2) is 0 Å². The number of unbranched alkanes of at least 4 members (excludes halogenated alkanes) is 1. The maximum absolute atomic E-state index is 6.70. The zero-order valence-electron chi connectivity index (χ0n) is 25.2. The number of benzene rings is 3. The van der Waals surface area contributed by atoms with Crippen molar-refractivity contribution in [2.24, 2.45) is 28.2 Å². The Morgan fingerprint density at radius 1 is 0.927 bits per heavy atom. The summed E-state index contributed by atoms with van der Waals surface area (Å²) in [7, 11) is 0. The first kappa shape index (κ1) is 28.5. The predicted octanol–water partition coefficient (Wildman–Crippen LogP) is 10.7. The standard InChI is InChI=1S/C39H46ClN/c1-27-16-18-34-30(14-9-15-32(34)24-33(27)25-39(3)20-21-39)13-8-7-10-29-17-19-37(40)35(23-29)38-22-28(2)36(26-41-38)31-11-5-4-6-12-31/h4-6,9,11-12,14-15,17,19,22-23,26-28,33,36H,7-8,10,13,16,18,20-21,24-25H2,1-3H3. The van der Waals surface area contributed by atoms with Gasteiger partial charge in [0.1, 0.15) is 0 Å². The van der Waals surface area contributed by atoms with E-state index < -0.39 is 0 Å². The van der Waals surface area contributed by atoms with Crippen molar-refractivity contribution in [2.75, 3.05) is 0 Å². The highest BCUT2D eigenvalue weighted by Gasteiger charge is 2.40. The molecular formula is C39H46ClN. The number of allylic oxidation sites excluding steroid dienone is 1. The molecule has 0 saturated heterocycles. The van der Waals surface area contributed by atoms with Crippen LogP contribution in [-0.2, 0) is 25.7 Å². The van der Waals surface area contributed by atoms with Gasteiger partial charge in [-0.15, -0.1) is 0 Å². The Morgan fingerprint density at radius 3 is 2.51 bits per heavy atom. The molecule has 41 heavy (non-hydrogen) atoms. The number of aliphatic imine (C=N–C) groups is 1. The van der Waals surface area contributed by atoms with Crippen LogP contribution in [0.1, 0.15) is 98.6 Å². The third-order valence-electron chi connectivity index (χ3n) is 10.4. The molecule has 2 aliphatic carbocycles. The van der Waals surface area contributed by atoms with E-state index in [1.165, 1.54) is 68.9 Å². The molecule has 0 amide bonds. The molecule has 214 valence electrons. The van der Waals surface area contributed by atoms with Crippen molar-refractivity contribution in [2.45, 2.75) is 90.9 Å². The molecule has 3 aromatic rings. The molecule has 0 spiro atoms. The minimum atomic E-state index is 0.311. The van der Waals surface area contributed by atoms with E-state index in [1.807, 2.05) is 0 Å². The van der Waals surface area contributed by atoms with E-state index >= 15 is 0 Å². The Kier molecular flexibility index (Phi) is 8.55. The van der Waals surface area contributed by atoms with Gasteiger partial charge in [-0.25, -0.2) is 0 Å². The number of nitrogens with zero attached hydrogens (tertiary/aromatic N) is 1. The number of rotatable bonds is 9. The average Bonchev–Trinajstić information content (AvgIpc) is 3.74. The average molecular weight is 564 g/mol. The van der Waals surface area contributed by atoms with Crippen LogP contribution >= 0.6 is 11.6 Å². The Hall–Kier alpha value is -2.64. The largest absolute Gasteiger partial charge is 0.260 e. The molecule has 6 rings (SSSR count). The summed E-state index contributed by atoms with van der Waals surface area (Å²) in [5.41, 5.74) is 10.3. The second-order valence-electron chi connectivity index (χ2n) is 13.7. The van der Waals surface area contributed by atoms with Gasteiger partial charge in [-0.2, -0.15) is 0 Å². The fourth-order valence-corrected chi connectivity index (χ4v) is 7.55. The Morgan fingerprint density at radius 2 is 1.73 bits per heavy atom. The third kappa shape index (κ3) is 6.72. The van der Waals surface area contributed by atoms with Crippen molar-refractivity contribution < 1.29 is 0 Å². The molecule has 0 bridgehead atoms. The Bertz CT molecular complexity index is 1410. The maximum atomic E-state index is 6.70. The lowest BCUT2D eigenvalue weighted by atomic mass is 9.80. The van der Waals surface area contributed by atoms with Crippen LogP contribution in [0.25, 0.3) is 5.70 Å². The molecule has 1 saturated carbocycles. The quantitative estimate of drug-likeness (QED) is 0.181. The van der Waals surface area contributed by atoms with Gasteiger partial charge in [-0.05, 0) is 127 Å². The number of fused-ring (bicyclic) bond motifs is 1. The van der Waals surface area contributed by atoms with E-state index in [-0.39, 0.29) is 0 Å². The first-order chi connectivity index (χ1) is 19.9. The summed E-state index contributed by atoms with van der Waals surface area (Å²) in [5.74, 6) is 2.38. The summed E-state index contributed by atoms with van der Waals surface area (Å²) in [5, 5.41) is 0.790. The first-order valence-corrected chi connectivity index (χ1v) is 16.5. The molecule has 4 atom stereocenters. The van der Waals surface area contributed by atoms with E-state index in [0.29, 0.717) is 17.3 Å². The number of hydrogen-bond acceptors (Lipinski definition) is 1. The van der Waals surface area contributed by atoms with E-state index in [4.69, 9.17) is 16.6 Å². The fraction of sp³-hybridized carbons (Fsp3) is 0.462. The van der Waals surface area contributed by atoms with Crippen LogP contribution in [-0.4, -0.2) is 6.21 Å². The van der Waals surface area contributed by atoms with Crippen molar-refractivity contribution in [1.29, 1.82) is 0 Å². The second kappa shape index (κ2) is 12.3. The van der Waals surface area contributed by atoms with Crippen LogP contribution in [0.15, 0.2) is 77.8 Å². The Labute approximate surface area is 253 Å². The lowest BCUT2D eigenvalue weighted by molar-refractivity contribution is 0.273. The molecule has 3 aliphatic rings. The van der Waals surface area contributed by atoms with Crippen molar-refractivity contribution in [3.8, 4) is 0 Å². The smallest absolute Gasteiger partial charge is 0.0676 e. The first-order valence-electron chi connectivity index (χ1n) is 16.1. The molecule has 3 aromatic carbocycles. The van der Waals surface area contributed by atoms with Crippen molar-refractivity contribution >= 4 is 23.5 Å². The molecule has 0 N–H and O–H groups in total. The van der Waals surface area contributed by atoms with Gasteiger partial charge in [0, 0.05) is 22.7 Å². The highest BCUT2D eigenvalue weighted by atomic mass is 35.5. The van der Waals surface area contributed by atoms with E-state index in [2.05, 4.69) is 99.8 Å². The van der Waals surface area contributed by atoms with Gasteiger partial charge < -0.3 is 0 Å². The lowest BCUT2D eigenvalue weighted by Crippen LogP contribution is -2.17. The zero-order valence-corrected chi connectivity index (χ0v) is 26.0. The highest BCUT2D eigenvalue weighted by Crippen LogP contribution is 2.52. The summed E-state index contributed by atoms with van der Waals surface area (Å²) >= 11 is 6.70. The molecule has 4 unspecified atom stereocenters. The van der Waals surface area contributed by atoms with Crippen LogP contribution < -0.4 is 0 Å². The predicted molar refractivity (Wildman–Crippen MR) is 176 cm³/mol. The van der Waals surface area contributed by atoms with Gasteiger partial charge in [-0.1, -0.05) is 93.0 Å².